The van der Waals surface area contributed by atoms with Crippen molar-refractivity contribution in [1.29, 1.82) is 0 Å². The van der Waals surface area contributed by atoms with Crippen LogP contribution in [0.1, 0.15) is 36.8 Å². The molecular weight excluding hydrogens is 494 g/mol. The number of hydrogen-bond acceptors (Lipinski definition) is 9. The lowest BCUT2D eigenvalue weighted by Gasteiger charge is -2.14. The fraction of sp³-hybridized carbons (Fsp3) is 0.333. The van der Waals surface area contributed by atoms with E-state index in [-0.39, 0.29) is 29.3 Å². The summed E-state index contributed by atoms with van der Waals surface area (Å²) in [5.74, 6) is -1.25. The lowest BCUT2D eigenvalue weighted by Crippen LogP contribution is -2.13. The minimum absolute atomic E-state index is 0.00347. The first kappa shape index (κ1) is 28.3. The molecule has 0 aliphatic heterocycles. The van der Waals surface area contributed by atoms with E-state index >= 15 is 0 Å². The quantitative estimate of drug-likeness (QED) is 0.0961. The molecule has 0 fully saturated rings. The van der Waals surface area contributed by atoms with E-state index in [4.69, 9.17) is 9.47 Å². The van der Waals surface area contributed by atoms with E-state index in [1.54, 1.807) is 30.3 Å². The maximum absolute atomic E-state index is 12.2. The fourth-order valence-electron chi connectivity index (χ4n) is 3.26. The molecular formula is C24H27NO10S. The van der Waals surface area contributed by atoms with Crippen molar-refractivity contribution >= 4 is 33.1 Å². The topological polar surface area (TPSA) is 159 Å². The van der Waals surface area contributed by atoms with Crippen molar-refractivity contribution in [2.45, 2.75) is 30.6 Å². The van der Waals surface area contributed by atoms with E-state index in [0.717, 1.165) is 6.26 Å². The Morgan fingerprint density at radius 2 is 1.50 bits per heavy atom. The van der Waals surface area contributed by atoms with Crippen molar-refractivity contribution in [3.63, 3.8) is 0 Å². The number of unbranched alkanes of at least 4 members (excludes halogenated alkanes) is 3. The second kappa shape index (κ2) is 13.8. The standard InChI is InChI=1S/C24H27NO10S/c1-36(31,32)20-13-11-18(12-14-20)21(22(23(26)27)19-9-5-4-6-10-19)17-34-24(28)33-15-7-2-3-8-16-35-25(29)30/h4-6,9-14H,2-3,7-8,15-17H2,1H3,(H,26,27). The molecule has 0 aliphatic rings. The number of rotatable bonds is 14. The molecule has 2 rings (SSSR count). The number of aliphatic carboxylic acids is 1. The molecule has 0 unspecified atom stereocenters. The molecule has 0 atom stereocenters. The molecule has 0 saturated carbocycles. The number of benzene rings is 2. The zero-order valence-electron chi connectivity index (χ0n) is 19.6. The van der Waals surface area contributed by atoms with Crippen LogP contribution in [-0.2, 0) is 28.9 Å². The Morgan fingerprint density at radius 1 is 0.889 bits per heavy atom. The van der Waals surface area contributed by atoms with Gasteiger partial charge in [0.2, 0.25) is 0 Å². The van der Waals surface area contributed by atoms with E-state index in [2.05, 4.69) is 4.84 Å². The van der Waals surface area contributed by atoms with Crippen molar-refractivity contribution < 1.29 is 42.5 Å². The van der Waals surface area contributed by atoms with E-state index < -0.39 is 33.7 Å². The average Bonchev–Trinajstić information content (AvgIpc) is 2.83. The normalized spacial score (nSPS) is 11.8. The van der Waals surface area contributed by atoms with Gasteiger partial charge >= 0.3 is 12.1 Å². The molecule has 0 radical (unpaired) electrons. The summed E-state index contributed by atoms with van der Waals surface area (Å²) in [5, 5.41) is 19.2. The van der Waals surface area contributed by atoms with Crippen LogP contribution in [0.5, 0.6) is 0 Å². The second-order valence-electron chi connectivity index (χ2n) is 7.68. The summed E-state index contributed by atoms with van der Waals surface area (Å²) in [5.41, 5.74) is 0.808. The van der Waals surface area contributed by atoms with Crippen molar-refractivity contribution in [1.82, 2.24) is 0 Å². The Labute approximate surface area is 208 Å². The fourth-order valence-corrected chi connectivity index (χ4v) is 3.89. The molecule has 0 aliphatic carbocycles. The maximum atomic E-state index is 12.2. The average molecular weight is 522 g/mol. The van der Waals surface area contributed by atoms with Crippen molar-refractivity contribution in [3.8, 4) is 0 Å². The predicted molar refractivity (Wildman–Crippen MR) is 129 cm³/mol. The maximum Gasteiger partial charge on any atom is 0.508 e. The van der Waals surface area contributed by atoms with Crippen LogP contribution in [0.2, 0.25) is 0 Å². The second-order valence-corrected chi connectivity index (χ2v) is 9.70. The summed E-state index contributed by atoms with van der Waals surface area (Å²) < 4.78 is 33.8. The number of hydrogen-bond donors (Lipinski definition) is 1. The minimum Gasteiger partial charge on any atom is -0.478 e. The van der Waals surface area contributed by atoms with E-state index in [0.29, 0.717) is 36.8 Å². The van der Waals surface area contributed by atoms with Crippen LogP contribution >= 0.6 is 0 Å². The lowest BCUT2D eigenvalue weighted by atomic mass is 9.95. The van der Waals surface area contributed by atoms with Gasteiger partial charge in [-0.05, 0) is 42.5 Å². The zero-order chi connectivity index (χ0) is 26.6. The van der Waals surface area contributed by atoms with Crippen LogP contribution in [0, 0.1) is 10.1 Å². The smallest absolute Gasteiger partial charge is 0.478 e. The molecule has 2 aromatic carbocycles. The Hall–Kier alpha value is -3.93. The molecule has 1 N–H and O–H groups in total. The molecule has 11 nitrogen and oxygen atoms in total. The molecule has 194 valence electrons. The third kappa shape index (κ3) is 9.37. The first-order valence-corrected chi connectivity index (χ1v) is 12.9. The van der Waals surface area contributed by atoms with Gasteiger partial charge in [-0.15, -0.1) is 10.1 Å². The zero-order valence-corrected chi connectivity index (χ0v) is 20.4. The molecule has 0 bridgehead atoms. The molecule has 0 heterocycles. The summed E-state index contributed by atoms with van der Waals surface area (Å²) in [7, 11) is -3.46. The highest BCUT2D eigenvalue weighted by atomic mass is 32.2. The lowest BCUT2D eigenvalue weighted by molar-refractivity contribution is -0.757. The highest BCUT2D eigenvalue weighted by molar-refractivity contribution is 7.90. The van der Waals surface area contributed by atoms with Crippen LogP contribution < -0.4 is 0 Å². The van der Waals surface area contributed by atoms with Crippen molar-refractivity contribution in [2.24, 2.45) is 0 Å². The monoisotopic (exact) mass is 521 g/mol. The Balaban J connectivity index is 2.10. The van der Waals surface area contributed by atoms with Crippen LogP contribution in [0.3, 0.4) is 0 Å². The molecule has 0 amide bonds. The number of nitrogens with zero attached hydrogens (tertiary/aromatic N) is 1. The molecule has 12 heteroatoms. The number of carbonyl (C=O) groups is 2. The van der Waals surface area contributed by atoms with Gasteiger partial charge in [0.05, 0.1) is 23.7 Å². The number of carbonyl (C=O) groups excluding carboxylic acids is 1. The minimum atomic E-state index is -3.46. The Morgan fingerprint density at radius 3 is 2.06 bits per heavy atom. The summed E-state index contributed by atoms with van der Waals surface area (Å²) in [6.45, 7) is -0.364. The van der Waals surface area contributed by atoms with E-state index in [1.807, 2.05) is 0 Å². The molecule has 2 aromatic rings. The van der Waals surface area contributed by atoms with Crippen molar-refractivity contribution in [2.75, 3.05) is 26.1 Å². The third-order valence-corrected chi connectivity index (χ3v) is 6.13. The first-order chi connectivity index (χ1) is 17.1. The summed E-state index contributed by atoms with van der Waals surface area (Å²) in [4.78, 5) is 38.6. The summed E-state index contributed by atoms with van der Waals surface area (Å²) in [6.07, 6.45) is 2.38. The third-order valence-electron chi connectivity index (χ3n) is 5.00. The Kier molecular flexibility index (Phi) is 10.9. The van der Waals surface area contributed by atoms with Crippen LogP contribution in [-0.4, -0.2) is 56.8 Å². The van der Waals surface area contributed by atoms with Gasteiger partial charge in [0.15, 0.2) is 9.84 Å². The highest BCUT2D eigenvalue weighted by Gasteiger charge is 2.21. The first-order valence-electron chi connectivity index (χ1n) is 11.0. The summed E-state index contributed by atoms with van der Waals surface area (Å²) in [6, 6.07) is 13.9. The van der Waals surface area contributed by atoms with Gasteiger partial charge in [-0.1, -0.05) is 48.9 Å². The van der Waals surface area contributed by atoms with Gasteiger partial charge in [0.25, 0.3) is 5.09 Å². The van der Waals surface area contributed by atoms with Gasteiger partial charge in [-0.2, -0.15) is 0 Å². The van der Waals surface area contributed by atoms with Crippen LogP contribution in [0.4, 0.5) is 4.79 Å². The SMILES string of the molecule is CS(=O)(=O)c1ccc(C(COC(=O)OCCCCCCO[N+](=O)[O-])=C(C(=O)O)c2ccccc2)cc1. The van der Waals surface area contributed by atoms with E-state index in [9.17, 15) is 33.2 Å². The summed E-state index contributed by atoms with van der Waals surface area (Å²) >= 11 is 0. The Bertz CT molecular complexity index is 1180. The number of sulfone groups is 1. The predicted octanol–water partition coefficient (Wildman–Crippen LogP) is 4.01. The number of ether oxygens (including phenoxy) is 2. The molecule has 0 aromatic heterocycles. The van der Waals surface area contributed by atoms with Gasteiger partial charge in [0, 0.05) is 11.8 Å². The van der Waals surface area contributed by atoms with Crippen LogP contribution in [0.25, 0.3) is 11.1 Å². The van der Waals surface area contributed by atoms with Gasteiger partial charge in [-0.25, -0.2) is 18.0 Å². The molecule has 0 spiro atoms. The molecule has 36 heavy (non-hydrogen) atoms. The van der Waals surface area contributed by atoms with Gasteiger partial charge < -0.3 is 19.4 Å². The highest BCUT2D eigenvalue weighted by Crippen LogP contribution is 2.28. The van der Waals surface area contributed by atoms with Crippen molar-refractivity contribution in [3.05, 3.63) is 75.8 Å². The van der Waals surface area contributed by atoms with Gasteiger partial charge in [-0.3, -0.25) is 0 Å². The van der Waals surface area contributed by atoms with Gasteiger partial charge in [0.1, 0.15) is 6.61 Å². The van der Waals surface area contributed by atoms with Crippen LogP contribution in [0.15, 0.2) is 59.5 Å². The number of carboxylic acid groups (broad SMARTS) is 1. The number of carboxylic acids is 1. The molecule has 0 saturated heterocycles. The largest absolute Gasteiger partial charge is 0.508 e. The van der Waals surface area contributed by atoms with E-state index in [1.165, 1.54) is 24.3 Å².